The van der Waals surface area contributed by atoms with Crippen LogP contribution in [0.2, 0.25) is 5.02 Å². The Labute approximate surface area is 119 Å². The number of hydrogen-bond acceptors (Lipinski definition) is 3. The van der Waals surface area contributed by atoms with Crippen LogP contribution in [-0.2, 0) is 9.84 Å². The largest absolute Gasteiger partial charge is 0.309 e. The third-order valence-corrected chi connectivity index (χ3v) is 5.72. The topological polar surface area (TPSA) is 46.2 Å². The third-order valence-electron chi connectivity index (χ3n) is 3.28. The number of sulfone groups is 1. The molecule has 1 N–H and O–H groups in total. The summed E-state index contributed by atoms with van der Waals surface area (Å²) in [5, 5.41) is 3.20. The minimum Gasteiger partial charge on any atom is -0.309 e. The van der Waals surface area contributed by atoms with Crippen molar-refractivity contribution in [2.75, 3.05) is 12.8 Å². The summed E-state index contributed by atoms with van der Waals surface area (Å²) in [5.41, 5.74) is 0.815. The van der Waals surface area contributed by atoms with Crippen LogP contribution >= 0.6 is 11.6 Å². The molecule has 0 spiro atoms. The molecule has 0 radical (unpaired) electrons. The smallest absolute Gasteiger partial charge is 0.153 e. The molecule has 1 unspecified atom stereocenters. The summed E-state index contributed by atoms with van der Waals surface area (Å²) < 4.78 is 35.4. The van der Waals surface area contributed by atoms with Gasteiger partial charge in [-0.2, -0.15) is 0 Å². The van der Waals surface area contributed by atoms with Crippen LogP contribution in [0, 0.1) is 5.82 Å². The molecule has 0 heterocycles. The van der Waals surface area contributed by atoms with Crippen LogP contribution in [0.4, 0.5) is 4.39 Å². The number of halogens is 2. The molecular weight excluding hydrogens is 289 g/mol. The van der Waals surface area contributed by atoms with Crippen LogP contribution < -0.4 is 5.32 Å². The first kappa shape index (κ1) is 16.4. The molecule has 0 aliphatic rings. The van der Waals surface area contributed by atoms with Crippen LogP contribution in [0.25, 0.3) is 0 Å². The first-order valence-corrected chi connectivity index (χ1v) is 8.19. The van der Waals surface area contributed by atoms with Crippen molar-refractivity contribution < 1.29 is 12.8 Å². The van der Waals surface area contributed by atoms with Crippen LogP contribution in [-0.4, -0.2) is 26.0 Å². The van der Waals surface area contributed by atoms with E-state index in [0.29, 0.717) is 6.54 Å². The number of benzene rings is 1. The van der Waals surface area contributed by atoms with Gasteiger partial charge in [0.2, 0.25) is 0 Å². The van der Waals surface area contributed by atoms with Gasteiger partial charge in [-0.3, -0.25) is 0 Å². The normalized spacial score (nSPS) is 14.4. The Kier molecular flexibility index (Phi) is 4.98. The van der Waals surface area contributed by atoms with Gasteiger partial charge in [0.05, 0.1) is 9.77 Å². The van der Waals surface area contributed by atoms with E-state index in [4.69, 9.17) is 11.6 Å². The molecule has 0 bridgehead atoms. The highest BCUT2D eigenvalue weighted by Gasteiger charge is 2.30. The highest BCUT2D eigenvalue weighted by molar-refractivity contribution is 7.92. The molecule has 1 atom stereocenters. The molecule has 19 heavy (non-hydrogen) atoms. The Morgan fingerprint density at radius 3 is 2.47 bits per heavy atom. The van der Waals surface area contributed by atoms with Crippen molar-refractivity contribution in [2.45, 2.75) is 31.6 Å². The van der Waals surface area contributed by atoms with E-state index in [-0.39, 0.29) is 11.1 Å². The molecule has 1 rings (SSSR count). The average Bonchev–Trinajstić information content (AvgIpc) is 2.28. The number of rotatable bonds is 5. The van der Waals surface area contributed by atoms with Crippen molar-refractivity contribution in [3.05, 3.63) is 34.6 Å². The summed E-state index contributed by atoms with van der Waals surface area (Å²) >= 11 is 5.72. The Morgan fingerprint density at radius 1 is 1.42 bits per heavy atom. The van der Waals surface area contributed by atoms with E-state index >= 15 is 0 Å². The second-order valence-corrected chi connectivity index (χ2v) is 8.36. The minimum atomic E-state index is -3.14. The van der Waals surface area contributed by atoms with Gasteiger partial charge in [0.1, 0.15) is 5.82 Å². The second kappa shape index (κ2) is 5.77. The SMILES string of the molecule is CC(NCC(C)(C)S(C)(=O)=O)c1ccc(F)c(Cl)c1. The lowest BCUT2D eigenvalue weighted by Crippen LogP contribution is -2.42. The molecule has 0 fully saturated rings. The van der Waals surface area contributed by atoms with Crippen LogP contribution in [0.5, 0.6) is 0 Å². The Morgan fingerprint density at radius 2 is 2.00 bits per heavy atom. The fraction of sp³-hybridized carbons (Fsp3) is 0.538. The van der Waals surface area contributed by atoms with Crippen molar-refractivity contribution in [3.63, 3.8) is 0 Å². The molecule has 0 aromatic heterocycles. The highest BCUT2D eigenvalue weighted by atomic mass is 35.5. The molecular formula is C13H19ClFNO2S. The van der Waals surface area contributed by atoms with Crippen molar-refractivity contribution >= 4 is 21.4 Å². The van der Waals surface area contributed by atoms with Gasteiger partial charge in [-0.15, -0.1) is 0 Å². The predicted octanol–water partition coefficient (Wildman–Crippen LogP) is 2.95. The fourth-order valence-corrected chi connectivity index (χ4v) is 1.96. The summed E-state index contributed by atoms with van der Waals surface area (Å²) in [6, 6.07) is 4.37. The summed E-state index contributed by atoms with van der Waals surface area (Å²) in [6.07, 6.45) is 1.22. The van der Waals surface area contributed by atoms with Gasteiger partial charge >= 0.3 is 0 Å². The maximum atomic E-state index is 13.1. The van der Waals surface area contributed by atoms with Crippen molar-refractivity contribution in [2.24, 2.45) is 0 Å². The van der Waals surface area contributed by atoms with Crippen LogP contribution in [0.15, 0.2) is 18.2 Å². The van der Waals surface area contributed by atoms with E-state index in [1.54, 1.807) is 26.0 Å². The van der Waals surface area contributed by atoms with Gasteiger partial charge in [0.15, 0.2) is 9.84 Å². The molecule has 1 aromatic rings. The Bertz CT molecular complexity index is 558. The molecule has 0 aliphatic heterocycles. The van der Waals surface area contributed by atoms with Crippen molar-refractivity contribution in [3.8, 4) is 0 Å². The predicted molar refractivity (Wildman–Crippen MR) is 76.8 cm³/mol. The summed E-state index contributed by atoms with van der Waals surface area (Å²) in [6.45, 7) is 5.52. The van der Waals surface area contributed by atoms with E-state index in [0.717, 1.165) is 5.56 Å². The first-order chi connectivity index (χ1) is 8.54. The van der Waals surface area contributed by atoms with Gasteiger partial charge in [-0.1, -0.05) is 17.7 Å². The zero-order chi connectivity index (χ0) is 14.8. The van der Waals surface area contributed by atoms with E-state index in [1.165, 1.54) is 12.3 Å². The summed E-state index contributed by atoms with van der Waals surface area (Å²) in [4.78, 5) is 0. The van der Waals surface area contributed by atoms with Gasteiger partial charge in [-0.05, 0) is 38.5 Å². The lowest BCUT2D eigenvalue weighted by molar-refractivity contribution is 0.488. The number of nitrogens with one attached hydrogen (secondary N) is 1. The van der Waals surface area contributed by atoms with E-state index in [1.807, 2.05) is 6.92 Å². The molecule has 0 aliphatic carbocycles. The average molecular weight is 308 g/mol. The summed E-state index contributed by atoms with van der Waals surface area (Å²) in [7, 11) is -3.14. The molecule has 0 amide bonds. The zero-order valence-corrected chi connectivity index (χ0v) is 13.1. The monoisotopic (exact) mass is 307 g/mol. The quantitative estimate of drug-likeness (QED) is 0.909. The molecule has 108 valence electrons. The van der Waals surface area contributed by atoms with Gasteiger partial charge in [-0.25, -0.2) is 12.8 Å². The van der Waals surface area contributed by atoms with Crippen LogP contribution in [0.3, 0.4) is 0 Å². The van der Waals surface area contributed by atoms with Crippen LogP contribution in [0.1, 0.15) is 32.4 Å². The highest BCUT2D eigenvalue weighted by Crippen LogP contribution is 2.22. The summed E-state index contributed by atoms with van der Waals surface area (Å²) in [5.74, 6) is -0.464. The minimum absolute atomic E-state index is 0.0634. The maximum Gasteiger partial charge on any atom is 0.153 e. The number of hydrogen-bond donors (Lipinski definition) is 1. The standard InChI is InChI=1S/C13H19ClFNO2S/c1-9(10-5-6-12(15)11(14)7-10)16-8-13(2,3)19(4,17)18/h5-7,9,16H,8H2,1-4H3. The second-order valence-electron chi connectivity index (χ2n) is 5.31. The molecule has 3 nitrogen and oxygen atoms in total. The Balaban J connectivity index is 2.76. The molecule has 1 aromatic carbocycles. The third kappa shape index (κ3) is 4.16. The van der Waals surface area contributed by atoms with Crippen molar-refractivity contribution in [1.82, 2.24) is 5.32 Å². The molecule has 6 heteroatoms. The lowest BCUT2D eigenvalue weighted by Gasteiger charge is -2.25. The van der Waals surface area contributed by atoms with Crippen molar-refractivity contribution in [1.29, 1.82) is 0 Å². The Hall–Kier alpha value is -0.650. The molecule has 0 saturated carbocycles. The first-order valence-electron chi connectivity index (χ1n) is 5.92. The van der Waals surface area contributed by atoms with E-state index < -0.39 is 20.4 Å². The van der Waals surface area contributed by atoms with Gasteiger partial charge in [0, 0.05) is 18.8 Å². The zero-order valence-electron chi connectivity index (χ0n) is 11.5. The van der Waals surface area contributed by atoms with E-state index in [2.05, 4.69) is 5.32 Å². The lowest BCUT2D eigenvalue weighted by atomic mass is 10.1. The van der Waals surface area contributed by atoms with E-state index in [9.17, 15) is 12.8 Å². The van der Waals surface area contributed by atoms with Gasteiger partial charge < -0.3 is 5.32 Å². The fourth-order valence-electron chi connectivity index (χ4n) is 1.43. The molecule has 0 saturated heterocycles. The van der Waals surface area contributed by atoms with Gasteiger partial charge in [0.25, 0.3) is 0 Å². The maximum absolute atomic E-state index is 13.1.